The zero-order chi connectivity index (χ0) is 72.7. The third-order valence-corrected chi connectivity index (χ3v) is 14.0. The minimum Gasteiger partial charge on any atom is -0.507 e. The molecule has 0 aliphatic heterocycles. The van der Waals surface area contributed by atoms with Crippen molar-refractivity contribution in [3.05, 3.63) is 318 Å². The first kappa shape index (κ1) is 92.3. The van der Waals surface area contributed by atoms with Crippen LogP contribution >= 0.6 is 0 Å². The number of aliphatic imine (C=N–C) groups is 4. The SMILES string of the molecule is C=Cc1ccc(C(N=Cc2ccccc2O)C(N=Cc2ccccc2O)c2ccccc2)cc1.C=Cc1ccccc1.C=Cc1ccccc1.CC(=O)C(C(C)=O)C(C)c1ccccc1.CC(=O)CC(C)=O.CC(=O)CC(C)=O.Oc1ccccc1C=NCCN=Cc1ccccc1O.[Au].[Au].[Au]. The van der Waals surface area contributed by atoms with Gasteiger partial charge in [0, 0.05) is 114 Å². The molecule has 102 heavy (non-hydrogen) atoms. The molecule has 0 saturated carbocycles. The largest absolute Gasteiger partial charge is 0.507 e. The van der Waals surface area contributed by atoms with Crippen LogP contribution in [0.5, 0.6) is 23.0 Å². The number of hydrogen-bond donors (Lipinski definition) is 4. The Labute approximate surface area is 648 Å². The average molecular weight is 1920 g/mol. The minimum atomic E-state index is -0.507. The topological polar surface area (TPSA) is 233 Å². The van der Waals surface area contributed by atoms with Crippen LogP contribution in [-0.2, 0) is 95.9 Å². The van der Waals surface area contributed by atoms with E-state index in [1.165, 1.54) is 52.7 Å². The van der Waals surface area contributed by atoms with Crippen LogP contribution in [0.3, 0.4) is 0 Å². The van der Waals surface area contributed by atoms with E-state index in [4.69, 9.17) is 9.98 Å². The van der Waals surface area contributed by atoms with Gasteiger partial charge in [0.25, 0.3) is 0 Å². The molecule has 17 heteroatoms. The van der Waals surface area contributed by atoms with Crippen LogP contribution in [-0.4, -0.2) is 93.1 Å². The van der Waals surface area contributed by atoms with Gasteiger partial charge in [0.2, 0.25) is 0 Å². The summed E-state index contributed by atoms with van der Waals surface area (Å²) >= 11 is 0. The molecule has 9 aromatic rings. The van der Waals surface area contributed by atoms with Crippen LogP contribution in [0.2, 0.25) is 0 Å². The predicted octanol–water partition coefficient (Wildman–Crippen LogP) is 17.7. The Balaban J connectivity index is 0.00000128. The van der Waals surface area contributed by atoms with E-state index in [9.17, 15) is 49.2 Å². The molecule has 0 heterocycles. The van der Waals surface area contributed by atoms with Gasteiger partial charge in [-0.2, -0.15) is 0 Å². The summed E-state index contributed by atoms with van der Waals surface area (Å²) in [5, 5.41) is 39.6. The number of carbonyl (C=O) groups excluding carboxylic acids is 6. The van der Waals surface area contributed by atoms with Gasteiger partial charge in [0.05, 0.1) is 31.8 Å². The fourth-order valence-electron chi connectivity index (χ4n) is 9.15. The van der Waals surface area contributed by atoms with Gasteiger partial charge in [-0.15, -0.1) is 0 Å². The van der Waals surface area contributed by atoms with Gasteiger partial charge < -0.3 is 20.4 Å². The molecule has 0 aromatic heterocycles. The van der Waals surface area contributed by atoms with Gasteiger partial charge in [0.15, 0.2) is 0 Å². The quantitative estimate of drug-likeness (QED) is 0.0205. The number of rotatable bonds is 23. The summed E-state index contributed by atoms with van der Waals surface area (Å²) in [5.74, 6) is -0.141. The molecule has 3 atom stereocenters. The average Bonchev–Trinajstić information content (AvgIpc) is 0.820. The summed E-state index contributed by atoms with van der Waals surface area (Å²) in [5.41, 5.74) is 9.01. The predicted molar refractivity (Wildman–Crippen MR) is 406 cm³/mol. The Morgan fingerprint density at radius 1 is 0.333 bits per heavy atom. The molecule has 3 radical (unpaired) electrons. The van der Waals surface area contributed by atoms with E-state index in [1.807, 2.05) is 201 Å². The molecule has 9 aromatic carbocycles. The molecule has 0 spiro atoms. The van der Waals surface area contributed by atoms with Crippen LogP contribution in [0.15, 0.2) is 282 Å². The molecule has 0 fully saturated rings. The zero-order valence-corrected chi connectivity index (χ0v) is 64.8. The first-order valence-electron chi connectivity index (χ1n) is 31.9. The van der Waals surface area contributed by atoms with E-state index in [2.05, 4.69) is 29.7 Å². The van der Waals surface area contributed by atoms with Gasteiger partial charge in [0.1, 0.15) is 69.8 Å². The number of Topliss-reactive ketones (excluding diaryl/α,β-unsaturated/α-hetero) is 6. The van der Waals surface area contributed by atoms with Gasteiger partial charge in [-0.1, -0.05) is 239 Å². The molecule has 543 valence electrons. The normalized spacial score (nSPS) is 10.9. The summed E-state index contributed by atoms with van der Waals surface area (Å²) in [6, 6.07) is 75.2. The van der Waals surface area contributed by atoms with Crippen molar-refractivity contribution < 1.29 is 116 Å². The van der Waals surface area contributed by atoms with E-state index >= 15 is 0 Å². The van der Waals surface area contributed by atoms with Crippen molar-refractivity contribution in [3.8, 4) is 23.0 Å². The van der Waals surface area contributed by atoms with E-state index < -0.39 is 5.92 Å². The first-order valence-corrected chi connectivity index (χ1v) is 31.9. The number of hydrogen-bond acceptors (Lipinski definition) is 14. The number of aromatic hydroxyl groups is 4. The number of benzene rings is 9. The molecular formula is C85H90Au3N4O10. The fourth-order valence-corrected chi connectivity index (χ4v) is 9.15. The summed E-state index contributed by atoms with van der Waals surface area (Å²) in [4.78, 5) is 81.1. The third kappa shape index (κ3) is 38.2. The second kappa shape index (κ2) is 54.1. The molecular weight excluding hydrogens is 1830 g/mol. The fraction of sp³-hybridized carbons (Fsp3) is 0.176. The Hall–Kier alpha value is -9.68. The van der Waals surface area contributed by atoms with Crippen molar-refractivity contribution in [2.24, 2.45) is 25.9 Å². The van der Waals surface area contributed by atoms with Gasteiger partial charge in [-0.25, -0.2) is 0 Å². The molecule has 0 saturated heterocycles. The van der Waals surface area contributed by atoms with Crippen molar-refractivity contribution in [2.45, 2.75) is 79.3 Å². The number of phenols is 4. The smallest absolute Gasteiger partial charge is 0.140 e. The van der Waals surface area contributed by atoms with E-state index in [-0.39, 0.29) is 156 Å². The second-order valence-corrected chi connectivity index (χ2v) is 22.3. The summed E-state index contributed by atoms with van der Waals surface area (Å²) < 4.78 is 0. The molecule has 14 nitrogen and oxygen atoms in total. The van der Waals surface area contributed by atoms with Gasteiger partial charge in [-0.05, 0) is 129 Å². The van der Waals surface area contributed by atoms with Crippen molar-refractivity contribution in [2.75, 3.05) is 13.1 Å². The monoisotopic (exact) mass is 1920 g/mol. The van der Waals surface area contributed by atoms with Gasteiger partial charge >= 0.3 is 0 Å². The molecule has 0 amide bonds. The Morgan fingerprint density at radius 3 is 0.833 bits per heavy atom. The molecule has 0 aliphatic carbocycles. The molecule has 4 N–H and O–H groups in total. The molecule has 0 bridgehead atoms. The molecule has 0 aliphatic rings. The maximum absolute atomic E-state index is 11.4. The number of ketones is 6. The standard InChI is InChI=1S/C30H26N2O2.C16H16N2O2.C13H16O2.2C8H8.2C5H8O2.3Au/c1-2-22-16-18-24(19-17-22)30(32-21-26-13-7-9-15-28(26)34)29(23-10-4-3-5-11-23)31-20-25-12-6-8-14-27(25)33;19-15-7-3-1-5-13(15)11-17-9-10-18-12-14-6-2-4-8-16(14)20;1-9(12-7-5-4-6-8-12)13(10(2)14)11(3)15;2*1-2-8-6-4-3-5-7-8;2*1-4(6)3-5(2)7;;;/h2-21,29-30,33-34H,1H2;1-8,11-12,19-20H,9-10H2;4-9,13H,1-3H3;2*2-7H,1H2;2*3H2,1-2H3;;;. The molecule has 3 unspecified atom stereocenters. The van der Waals surface area contributed by atoms with E-state index in [0.717, 1.165) is 22.3 Å². The number of phenolic OH excluding ortho intramolecular Hbond substituents is 4. The van der Waals surface area contributed by atoms with Crippen molar-refractivity contribution >= 4 is 77.8 Å². The van der Waals surface area contributed by atoms with Crippen molar-refractivity contribution in [3.63, 3.8) is 0 Å². The van der Waals surface area contributed by atoms with E-state index in [1.54, 1.807) is 91.6 Å². The van der Waals surface area contributed by atoms with Crippen molar-refractivity contribution in [1.29, 1.82) is 0 Å². The maximum Gasteiger partial charge on any atom is 0.140 e. The summed E-state index contributed by atoms with van der Waals surface area (Å²) in [6.07, 6.45) is 12.3. The maximum atomic E-state index is 11.4. The van der Waals surface area contributed by atoms with Crippen LogP contribution < -0.4 is 0 Å². The Morgan fingerprint density at radius 2 is 0.578 bits per heavy atom. The second-order valence-electron chi connectivity index (χ2n) is 22.3. The van der Waals surface area contributed by atoms with E-state index in [0.29, 0.717) is 35.3 Å². The van der Waals surface area contributed by atoms with Crippen LogP contribution in [0.25, 0.3) is 18.2 Å². The van der Waals surface area contributed by atoms with Crippen LogP contribution in [0, 0.1) is 5.92 Å². The van der Waals surface area contributed by atoms with Crippen molar-refractivity contribution in [1.82, 2.24) is 0 Å². The van der Waals surface area contributed by atoms with Crippen LogP contribution in [0.1, 0.15) is 135 Å². The zero-order valence-electron chi connectivity index (χ0n) is 58.3. The Bertz CT molecular complexity index is 3930. The molecule has 9 rings (SSSR count). The van der Waals surface area contributed by atoms with Gasteiger partial charge in [-0.3, -0.25) is 48.7 Å². The number of carbonyl (C=O) groups is 6. The number of nitrogens with zero attached hydrogens (tertiary/aromatic N) is 4. The number of para-hydroxylation sites is 4. The first-order chi connectivity index (χ1) is 47.6. The Kier molecular flexibility index (Phi) is 49.0. The van der Waals surface area contributed by atoms with Crippen LogP contribution in [0.4, 0.5) is 0 Å². The summed E-state index contributed by atoms with van der Waals surface area (Å²) in [7, 11) is 0. The minimum absolute atomic E-state index is 0. The summed E-state index contributed by atoms with van der Waals surface area (Å²) in [6.45, 7) is 22.6. The third-order valence-electron chi connectivity index (χ3n) is 14.0.